The fourth-order valence-electron chi connectivity index (χ4n) is 2.65. The van der Waals surface area contributed by atoms with Crippen molar-refractivity contribution in [3.63, 3.8) is 0 Å². The van der Waals surface area contributed by atoms with Crippen molar-refractivity contribution in [1.29, 1.82) is 0 Å². The van der Waals surface area contributed by atoms with Crippen molar-refractivity contribution in [2.75, 3.05) is 11.9 Å². The van der Waals surface area contributed by atoms with Gasteiger partial charge >= 0.3 is 5.97 Å². The molecular formula is C20H23N3O4. The number of carbonyl (C=O) groups is 2. The van der Waals surface area contributed by atoms with Gasteiger partial charge in [0.05, 0.1) is 5.69 Å². The summed E-state index contributed by atoms with van der Waals surface area (Å²) in [5.41, 5.74) is 2.63. The summed E-state index contributed by atoms with van der Waals surface area (Å²) in [5.74, 6) is -0.657. The minimum Gasteiger partial charge on any atom is -0.456 e. The van der Waals surface area contributed by atoms with Crippen molar-refractivity contribution < 1.29 is 18.8 Å². The molecule has 2 heterocycles. The molecule has 1 aromatic carbocycles. The lowest BCUT2D eigenvalue weighted by Gasteiger charge is -2.12. The van der Waals surface area contributed by atoms with Crippen LogP contribution in [-0.4, -0.2) is 28.6 Å². The number of rotatable bonds is 6. The zero-order chi connectivity index (χ0) is 19.4. The Morgan fingerprint density at radius 3 is 2.78 bits per heavy atom. The molecule has 0 saturated carbocycles. The van der Waals surface area contributed by atoms with E-state index in [0.717, 1.165) is 22.2 Å². The monoisotopic (exact) mass is 369 g/mol. The number of fused-ring (bicyclic) bond motifs is 1. The molecule has 0 atom stereocenters. The maximum absolute atomic E-state index is 11.9. The van der Waals surface area contributed by atoms with Gasteiger partial charge in [-0.15, -0.1) is 0 Å². The molecule has 1 amide bonds. The van der Waals surface area contributed by atoms with E-state index in [1.165, 1.54) is 0 Å². The van der Waals surface area contributed by atoms with Gasteiger partial charge < -0.3 is 14.2 Å². The van der Waals surface area contributed by atoms with E-state index in [4.69, 9.17) is 9.26 Å². The van der Waals surface area contributed by atoms with Crippen LogP contribution in [0.2, 0.25) is 0 Å². The van der Waals surface area contributed by atoms with Crippen LogP contribution in [-0.2, 0) is 26.2 Å². The number of ether oxygens (including phenoxy) is 1. The van der Waals surface area contributed by atoms with E-state index in [2.05, 4.69) is 15.5 Å². The molecule has 0 aliphatic heterocycles. The Morgan fingerprint density at radius 1 is 1.26 bits per heavy atom. The summed E-state index contributed by atoms with van der Waals surface area (Å²) in [6.07, 6.45) is 2.63. The summed E-state index contributed by atoms with van der Waals surface area (Å²) in [4.78, 5) is 27.0. The molecule has 0 radical (unpaired) electrons. The van der Waals surface area contributed by atoms with Crippen molar-refractivity contribution in [3.8, 4) is 0 Å². The van der Waals surface area contributed by atoms with E-state index < -0.39 is 11.9 Å². The molecule has 0 aliphatic carbocycles. The van der Waals surface area contributed by atoms with Gasteiger partial charge in [-0.1, -0.05) is 44.1 Å². The Balaban J connectivity index is 1.45. The summed E-state index contributed by atoms with van der Waals surface area (Å²) < 4.78 is 10.1. The largest absolute Gasteiger partial charge is 0.456 e. The summed E-state index contributed by atoms with van der Waals surface area (Å²) in [5, 5.41) is 7.54. The fourth-order valence-corrected chi connectivity index (χ4v) is 2.65. The van der Waals surface area contributed by atoms with Crippen molar-refractivity contribution >= 4 is 28.7 Å². The molecule has 27 heavy (non-hydrogen) atoms. The molecule has 7 heteroatoms. The number of aromatic nitrogens is 2. The third-order valence-electron chi connectivity index (χ3n) is 4.18. The van der Waals surface area contributed by atoms with Crippen LogP contribution in [0.4, 0.5) is 5.88 Å². The second kappa shape index (κ2) is 7.65. The molecular weight excluding hydrogens is 346 g/mol. The lowest BCUT2D eigenvalue weighted by Crippen LogP contribution is -2.20. The summed E-state index contributed by atoms with van der Waals surface area (Å²) in [7, 11) is 0. The van der Waals surface area contributed by atoms with E-state index in [1.807, 2.05) is 51.2 Å². The second-order valence-electron chi connectivity index (χ2n) is 7.39. The fraction of sp³-hybridized carbons (Fsp3) is 0.350. The molecule has 2 aromatic heterocycles. The Labute approximate surface area is 157 Å². The third kappa shape index (κ3) is 4.75. The lowest BCUT2D eigenvalue weighted by molar-refractivity contribution is -0.147. The Hall–Kier alpha value is -3.09. The number of benzene rings is 1. The molecule has 3 aromatic rings. The predicted molar refractivity (Wildman–Crippen MR) is 101 cm³/mol. The minimum atomic E-state index is -0.466. The zero-order valence-electron chi connectivity index (χ0n) is 15.7. The predicted octanol–water partition coefficient (Wildman–Crippen LogP) is 3.57. The highest BCUT2D eigenvalue weighted by atomic mass is 16.5. The van der Waals surface area contributed by atoms with Gasteiger partial charge in [0.15, 0.2) is 6.61 Å². The molecule has 142 valence electrons. The number of nitrogens with one attached hydrogen (secondary N) is 2. The lowest BCUT2D eigenvalue weighted by atomic mass is 9.92. The van der Waals surface area contributed by atoms with Crippen LogP contribution in [0.25, 0.3) is 10.9 Å². The first-order chi connectivity index (χ1) is 12.8. The van der Waals surface area contributed by atoms with Crippen LogP contribution in [0.15, 0.2) is 41.1 Å². The maximum atomic E-state index is 11.9. The van der Waals surface area contributed by atoms with Gasteiger partial charge in [0, 0.05) is 35.0 Å². The number of anilines is 1. The van der Waals surface area contributed by atoms with Crippen molar-refractivity contribution in [1.82, 2.24) is 10.1 Å². The Morgan fingerprint density at radius 2 is 2.04 bits per heavy atom. The molecule has 0 aliphatic rings. The number of hydrogen-bond acceptors (Lipinski definition) is 5. The Kier molecular flexibility index (Phi) is 5.30. The van der Waals surface area contributed by atoms with E-state index in [-0.39, 0.29) is 24.3 Å². The van der Waals surface area contributed by atoms with E-state index >= 15 is 0 Å². The molecule has 0 bridgehead atoms. The highest BCUT2D eigenvalue weighted by Crippen LogP contribution is 2.23. The number of aromatic amines is 1. The summed E-state index contributed by atoms with van der Waals surface area (Å²) in [6.45, 7) is 5.61. The number of nitrogens with zero attached hydrogens (tertiary/aromatic N) is 1. The van der Waals surface area contributed by atoms with Gasteiger partial charge in [0.2, 0.25) is 5.88 Å². The quantitative estimate of drug-likeness (QED) is 0.648. The summed E-state index contributed by atoms with van der Waals surface area (Å²) >= 11 is 0. The number of H-pyrrole nitrogens is 1. The van der Waals surface area contributed by atoms with Gasteiger partial charge in [-0.25, -0.2) is 0 Å². The van der Waals surface area contributed by atoms with Crippen molar-refractivity contribution in [2.24, 2.45) is 0 Å². The first-order valence-corrected chi connectivity index (χ1v) is 8.80. The van der Waals surface area contributed by atoms with Gasteiger partial charge in [-0.3, -0.25) is 14.9 Å². The van der Waals surface area contributed by atoms with Gasteiger partial charge in [0.25, 0.3) is 5.91 Å². The van der Waals surface area contributed by atoms with Gasteiger partial charge in [-0.05, 0) is 18.1 Å². The van der Waals surface area contributed by atoms with Crippen LogP contribution in [0.3, 0.4) is 0 Å². The number of amides is 1. The molecule has 0 unspecified atom stereocenters. The minimum absolute atomic E-state index is 0.179. The van der Waals surface area contributed by atoms with Gasteiger partial charge in [-0.2, -0.15) is 0 Å². The smallest absolute Gasteiger partial charge is 0.306 e. The first-order valence-electron chi connectivity index (χ1n) is 8.80. The highest BCUT2D eigenvalue weighted by molar-refractivity contribution is 5.91. The molecule has 3 rings (SSSR count). The van der Waals surface area contributed by atoms with E-state index in [9.17, 15) is 9.59 Å². The normalized spacial score (nSPS) is 11.5. The number of carbonyl (C=O) groups excluding carboxylic acids is 2. The standard InChI is InChI=1S/C20H23N3O4/c1-20(2,3)16-10-18(27-23-16)22-17(24)12-26-19(25)9-8-13-11-21-15-7-5-4-6-14(13)15/h4-7,10-11,21H,8-9,12H2,1-3H3,(H,22,24). The molecule has 0 fully saturated rings. The van der Waals surface area contributed by atoms with Gasteiger partial charge in [0.1, 0.15) is 0 Å². The molecule has 0 spiro atoms. The average Bonchev–Trinajstić information content (AvgIpc) is 3.25. The second-order valence-corrected chi connectivity index (χ2v) is 7.39. The van der Waals surface area contributed by atoms with E-state index in [1.54, 1.807) is 6.07 Å². The number of hydrogen-bond donors (Lipinski definition) is 2. The number of aryl methyl sites for hydroxylation is 1. The zero-order valence-corrected chi connectivity index (χ0v) is 15.7. The number of esters is 1. The maximum Gasteiger partial charge on any atom is 0.306 e. The van der Waals surface area contributed by atoms with Crippen LogP contribution in [0, 0.1) is 0 Å². The van der Waals surface area contributed by atoms with E-state index in [0.29, 0.717) is 6.42 Å². The van der Waals surface area contributed by atoms with Crippen LogP contribution in [0.5, 0.6) is 0 Å². The molecule has 2 N–H and O–H groups in total. The number of para-hydroxylation sites is 1. The highest BCUT2D eigenvalue weighted by Gasteiger charge is 2.20. The van der Waals surface area contributed by atoms with Crippen molar-refractivity contribution in [2.45, 2.75) is 39.0 Å². The summed E-state index contributed by atoms with van der Waals surface area (Å²) in [6, 6.07) is 9.56. The Bertz CT molecular complexity index is 949. The molecule has 7 nitrogen and oxygen atoms in total. The van der Waals surface area contributed by atoms with Crippen LogP contribution < -0.4 is 5.32 Å². The average molecular weight is 369 g/mol. The van der Waals surface area contributed by atoms with Crippen LogP contribution in [0.1, 0.15) is 38.4 Å². The topological polar surface area (TPSA) is 97.2 Å². The van der Waals surface area contributed by atoms with Crippen molar-refractivity contribution in [3.05, 3.63) is 47.8 Å². The third-order valence-corrected chi connectivity index (χ3v) is 4.18. The molecule has 0 saturated heterocycles. The first kappa shape index (κ1) is 18.7. The SMILES string of the molecule is CC(C)(C)c1cc(NC(=O)COC(=O)CCc2c[nH]c3ccccc23)on1. The van der Waals surface area contributed by atoms with Crippen LogP contribution >= 0.6 is 0 Å².